The van der Waals surface area contributed by atoms with Crippen molar-refractivity contribution in [2.24, 2.45) is 5.10 Å². The van der Waals surface area contributed by atoms with Crippen LogP contribution in [0.2, 0.25) is 0 Å². The number of aliphatic hydroxyl groups is 1. The topological polar surface area (TPSA) is 117 Å². The third kappa shape index (κ3) is 5.06. The fraction of sp³-hybridized carbons (Fsp3) is 0.0952. The number of anilines is 3. The minimum atomic E-state index is -0.342. The second-order valence-electron chi connectivity index (χ2n) is 6.29. The quantitative estimate of drug-likeness (QED) is 0.295. The number of halogens is 1. The van der Waals surface area contributed by atoms with Crippen LogP contribution in [0.4, 0.5) is 21.7 Å². The fourth-order valence-corrected chi connectivity index (χ4v) is 2.77. The van der Waals surface area contributed by atoms with Gasteiger partial charge in [-0.1, -0.05) is 18.2 Å². The van der Waals surface area contributed by atoms with Gasteiger partial charge in [0.15, 0.2) is 11.6 Å². The first-order valence-corrected chi connectivity index (χ1v) is 9.34. The van der Waals surface area contributed by atoms with E-state index in [0.717, 1.165) is 5.69 Å². The van der Waals surface area contributed by atoms with Crippen LogP contribution in [0.5, 0.6) is 5.75 Å². The van der Waals surface area contributed by atoms with Gasteiger partial charge in [-0.2, -0.15) is 5.10 Å². The van der Waals surface area contributed by atoms with Gasteiger partial charge in [-0.05, 0) is 29.8 Å². The molecule has 0 radical (unpaired) electrons. The van der Waals surface area contributed by atoms with Crippen LogP contribution in [-0.2, 0) is 0 Å². The van der Waals surface area contributed by atoms with Crippen molar-refractivity contribution in [3.63, 3.8) is 0 Å². The van der Waals surface area contributed by atoms with Crippen molar-refractivity contribution >= 4 is 34.6 Å². The molecule has 0 spiro atoms. The van der Waals surface area contributed by atoms with Gasteiger partial charge in [0.1, 0.15) is 41.9 Å². The lowest BCUT2D eigenvalue weighted by molar-refractivity contribution is 0.201. The molecule has 4 aromatic rings. The molecule has 9 nitrogen and oxygen atoms in total. The number of hydrogen-bond acceptors (Lipinski definition) is 9. The fourth-order valence-electron chi connectivity index (χ4n) is 2.77. The SMILES string of the molecule is OCCOc1cccc(Nc2ncnc3c(NN=Cc4cccc(F)c4)ncnc23)c1. The van der Waals surface area contributed by atoms with E-state index in [1.807, 2.05) is 12.1 Å². The Morgan fingerprint density at radius 3 is 2.55 bits per heavy atom. The van der Waals surface area contributed by atoms with E-state index < -0.39 is 0 Å². The molecule has 0 bridgehead atoms. The van der Waals surface area contributed by atoms with E-state index in [0.29, 0.717) is 34.0 Å². The molecular weight excluding hydrogens is 401 g/mol. The Morgan fingerprint density at radius 1 is 0.968 bits per heavy atom. The summed E-state index contributed by atoms with van der Waals surface area (Å²) in [5.74, 6) is 1.12. The summed E-state index contributed by atoms with van der Waals surface area (Å²) in [6.07, 6.45) is 4.24. The minimum absolute atomic E-state index is 0.0669. The molecule has 0 fully saturated rings. The number of hydrazone groups is 1. The number of nitrogens with one attached hydrogen (secondary N) is 2. The normalized spacial score (nSPS) is 11.0. The van der Waals surface area contributed by atoms with E-state index in [1.54, 1.807) is 24.3 Å². The maximum absolute atomic E-state index is 13.3. The van der Waals surface area contributed by atoms with E-state index in [4.69, 9.17) is 9.84 Å². The van der Waals surface area contributed by atoms with Crippen molar-refractivity contribution in [1.29, 1.82) is 0 Å². The van der Waals surface area contributed by atoms with Gasteiger partial charge in [-0.25, -0.2) is 24.3 Å². The molecule has 10 heteroatoms. The Morgan fingerprint density at radius 2 is 1.74 bits per heavy atom. The van der Waals surface area contributed by atoms with Crippen molar-refractivity contribution in [3.05, 3.63) is 72.6 Å². The van der Waals surface area contributed by atoms with Crippen molar-refractivity contribution in [2.75, 3.05) is 24.0 Å². The van der Waals surface area contributed by atoms with Crippen molar-refractivity contribution in [2.45, 2.75) is 0 Å². The van der Waals surface area contributed by atoms with Gasteiger partial charge in [0.25, 0.3) is 0 Å². The summed E-state index contributed by atoms with van der Waals surface area (Å²) in [7, 11) is 0. The second-order valence-corrected chi connectivity index (χ2v) is 6.29. The molecule has 2 aromatic heterocycles. The largest absolute Gasteiger partial charge is 0.491 e. The Bertz CT molecular complexity index is 1220. The number of benzene rings is 2. The van der Waals surface area contributed by atoms with Crippen LogP contribution in [0.1, 0.15) is 5.56 Å². The molecule has 31 heavy (non-hydrogen) atoms. The molecule has 2 aromatic carbocycles. The first-order valence-electron chi connectivity index (χ1n) is 9.34. The number of ether oxygens (including phenoxy) is 1. The number of fused-ring (bicyclic) bond motifs is 1. The molecule has 4 rings (SSSR count). The lowest BCUT2D eigenvalue weighted by Crippen LogP contribution is -2.03. The monoisotopic (exact) mass is 419 g/mol. The number of nitrogens with zero attached hydrogens (tertiary/aromatic N) is 5. The molecule has 0 unspecified atom stereocenters. The Kier molecular flexibility index (Phi) is 6.19. The van der Waals surface area contributed by atoms with Crippen LogP contribution in [-0.4, -0.2) is 44.5 Å². The Labute approximate surface area is 176 Å². The summed E-state index contributed by atoms with van der Waals surface area (Å²) in [5.41, 5.74) is 5.10. The average Bonchev–Trinajstić information content (AvgIpc) is 2.78. The standard InChI is InChI=1S/C21H18FN7O2/c22-15-4-1-3-14(9-15)11-27-29-21-19-18(23-13-26-21)20(25-12-24-19)28-16-5-2-6-17(10-16)31-8-7-30/h1-6,9-13,30H,7-8H2,(H,23,26,29)(H,24,25,28). The first kappa shape index (κ1) is 20.1. The first-order chi connectivity index (χ1) is 15.2. The highest BCUT2D eigenvalue weighted by molar-refractivity contribution is 5.93. The zero-order valence-electron chi connectivity index (χ0n) is 16.2. The number of aliphatic hydroxyl groups excluding tert-OH is 1. The van der Waals surface area contributed by atoms with Gasteiger partial charge in [0, 0.05) is 11.8 Å². The van der Waals surface area contributed by atoms with E-state index in [2.05, 4.69) is 35.8 Å². The number of hydrogen-bond donors (Lipinski definition) is 3. The molecule has 0 saturated carbocycles. The van der Waals surface area contributed by atoms with Crippen molar-refractivity contribution in [1.82, 2.24) is 19.9 Å². The molecule has 3 N–H and O–H groups in total. The van der Waals surface area contributed by atoms with Crippen LogP contribution in [0, 0.1) is 5.82 Å². The highest BCUT2D eigenvalue weighted by Crippen LogP contribution is 2.26. The minimum Gasteiger partial charge on any atom is -0.491 e. The molecule has 0 saturated heterocycles. The Balaban J connectivity index is 1.56. The van der Waals surface area contributed by atoms with E-state index in [1.165, 1.54) is 31.0 Å². The molecule has 156 valence electrons. The highest BCUT2D eigenvalue weighted by atomic mass is 19.1. The van der Waals surface area contributed by atoms with Crippen LogP contribution < -0.4 is 15.5 Å². The van der Waals surface area contributed by atoms with Gasteiger partial charge in [-0.15, -0.1) is 0 Å². The predicted octanol–water partition coefficient (Wildman–Crippen LogP) is 3.12. The van der Waals surface area contributed by atoms with Crippen LogP contribution in [0.25, 0.3) is 11.0 Å². The molecule has 0 atom stereocenters. The summed E-state index contributed by atoms with van der Waals surface area (Å²) in [4.78, 5) is 17.0. The summed E-state index contributed by atoms with van der Waals surface area (Å²) in [5, 5.41) is 16.2. The number of aromatic nitrogens is 4. The maximum Gasteiger partial charge on any atom is 0.176 e. The van der Waals surface area contributed by atoms with Crippen LogP contribution in [0.15, 0.2) is 66.3 Å². The predicted molar refractivity (Wildman–Crippen MR) is 115 cm³/mol. The molecule has 0 amide bonds. The number of rotatable bonds is 8. The molecular formula is C21H18FN7O2. The van der Waals surface area contributed by atoms with E-state index >= 15 is 0 Å². The average molecular weight is 419 g/mol. The lowest BCUT2D eigenvalue weighted by Gasteiger charge is -2.10. The molecule has 2 heterocycles. The van der Waals surface area contributed by atoms with Gasteiger partial charge in [0.2, 0.25) is 0 Å². The highest BCUT2D eigenvalue weighted by Gasteiger charge is 2.10. The molecule has 0 aliphatic heterocycles. The van der Waals surface area contributed by atoms with Crippen LogP contribution >= 0.6 is 0 Å². The zero-order valence-corrected chi connectivity index (χ0v) is 16.2. The smallest absolute Gasteiger partial charge is 0.176 e. The van der Waals surface area contributed by atoms with E-state index in [9.17, 15) is 4.39 Å². The molecule has 0 aliphatic rings. The van der Waals surface area contributed by atoms with Crippen molar-refractivity contribution < 1.29 is 14.2 Å². The van der Waals surface area contributed by atoms with Crippen molar-refractivity contribution in [3.8, 4) is 5.75 Å². The third-order valence-corrected chi connectivity index (χ3v) is 4.11. The lowest BCUT2D eigenvalue weighted by atomic mass is 10.2. The summed E-state index contributed by atoms with van der Waals surface area (Å²) in [6.45, 7) is 0.140. The van der Waals surface area contributed by atoms with Gasteiger partial charge in [0.05, 0.1) is 12.8 Å². The molecule has 0 aliphatic carbocycles. The summed E-state index contributed by atoms with van der Waals surface area (Å²) < 4.78 is 18.7. The second kappa shape index (κ2) is 9.55. The summed E-state index contributed by atoms with van der Waals surface area (Å²) in [6, 6.07) is 13.3. The van der Waals surface area contributed by atoms with Crippen LogP contribution in [0.3, 0.4) is 0 Å². The van der Waals surface area contributed by atoms with E-state index in [-0.39, 0.29) is 19.0 Å². The third-order valence-electron chi connectivity index (χ3n) is 4.11. The van der Waals surface area contributed by atoms with Gasteiger partial charge in [-0.3, -0.25) is 5.43 Å². The zero-order chi connectivity index (χ0) is 21.5. The van der Waals surface area contributed by atoms with Gasteiger partial charge < -0.3 is 15.2 Å². The maximum atomic E-state index is 13.3. The Hall–Kier alpha value is -4.18. The van der Waals surface area contributed by atoms with Gasteiger partial charge >= 0.3 is 0 Å². The summed E-state index contributed by atoms with van der Waals surface area (Å²) >= 11 is 0.